The zero-order valence-corrected chi connectivity index (χ0v) is 12.4. The number of hydrogen-bond donors (Lipinski definition) is 2. The van der Waals surface area contributed by atoms with Crippen molar-refractivity contribution in [1.29, 1.82) is 0 Å². The first-order valence-corrected chi connectivity index (χ1v) is 7.18. The third kappa shape index (κ3) is 2.16. The molecular weight excluding hydrogens is 255 g/mol. The molecule has 2 atom stereocenters. The molecule has 0 saturated carbocycles. The van der Waals surface area contributed by atoms with E-state index in [0.717, 1.165) is 0 Å². The number of carbonyl (C=O) groups excluding carboxylic acids is 1. The van der Waals surface area contributed by atoms with Crippen LogP contribution in [0.3, 0.4) is 0 Å². The molecule has 1 saturated heterocycles. The number of nitrogens with one attached hydrogen (secondary N) is 1. The predicted octanol–water partition coefficient (Wildman–Crippen LogP) is -3.49. The van der Waals surface area contributed by atoms with E-state index < -0.39 is 37.0 Å². The fourth-order valence-electron chi connectivity index (χ4n) is 2.16. The molecule has 0 aliphatic carbocycles. The number of hydrogen-bond acceptors (Lipinski definition) is 5. The fraction of sp³-hybridized carbons (Fsp3) is 0.875. The Morgan fingerprint density at radius 3 is 2.11 bits per heavy atom. The summed E-state index contributed by atoms with van der Waals surface area (Å²) in [5.74, 6) is 0. The molecule has 6 nitrogen and oxygen atoms in total. The van der Waals surface area contributed by atoms with E-state index in [1.54, 1.807) is 20.8 Å². The second-order valence-corrected chi connectivity index (χ2v) is 9.13. The van der Waals surface area contributed by atoms with E-state index in [2.05, 4.69) is 5.32 Å². The third-order valence-corrected chi connectivity index (χ3v) is 6.07. The van der Waals surface area contributed by atoms with Gasteiger partial charge in [-0.1, -0.05) is 0 Å². The molecule has 1 amide bonds. The van der Waals surface area contributed by atoms with Crippen molar-refractivity contribution in [2.45, 2.75) is 41.8 Å². The molecule has 0 radical (unpaired) electrons. The second-order valence-electron chi connectivity index (χ2n) is 6.24. The standard InChI is InChI=1S/C8H18B3NO5S/c1-6(2,3)17-5(13)12-4-7(9,10)18(15,16)8(4,11)14/h4,14H,9-11H2,1-3H3,(H,12,13). The van der Waals surface area contributed by atoms with E-state index in [4.69, 9.17) is 4.74 Å². The summed E-state index contributed by atoms with van der Waals surface area (Å²) in [5.41, 5.74) is -0.678. The summed E-state index contributed by atoms with van der Waals surface area (Å²) < 4.78 is 27.5. The molecule has 0 aromatic carbocycles. The minimum atomic E-state index is -3.69. The topological polar surface area (TPSA) is 92.7 Å². The minimum Gasteiger partial charge on any atom is -0.444 e. The zero-order valence-electron chi connectivity index (χ0n) is 11.6. The lowest BCUT2D eigenvalue weighted by Gasteiger charge is -2.55. The molecule has 0 aromatic rings. The van der Waals surface area contributed by atoms with Crippen molar-refractivity contribution in [2.24, 2.45) is 0 Å². The third-order valence-electron chi connectivity index (χ3n) is 3.13. The van der Waals surface area contributed by atoms with Crippen LogP contribution in [0.15, 0.2) is 0 Å². The molecule has 0 aromatic heterocycles. The molecule has 0 spiro atoms. The Morgan fingerprint density at radius 1 is 1.33 bits per heavy atom. The van der Waals surface area contributed by atoms with Crippen LogP contribution in [-0.2, 0) is 14.6 Å². The normalized spacial score (nSPS) is 33.2. The Labute approximate surface area is 110 Å². The summed E-state index contributed by atoms with van der Waals surface area (Å²) in [4.78, 5) is 9.64. The highest BCUT2D eigenvalue weighted by Crippen LogP contribution is 2.41. The van der Waals surface area contributed by atoms with Crippen LogP contribution in [0.25, 0.3) is 0 Å². The van der Waals surface area contributed by atoms with Gasteiger partial charge >= 0.3 is 6.09 Å². The van der Waals surface area contributed by atoms with Gasteiger partial charge in [0.05, 0.1) is 6.04 Å². The van der Waals surface area contributed by atoms with Gasteiger partial charge in [0, 0.05) is 4.55 Å². The average Bonchev–Trinajstić information content (AvgIpc) is 2.09. The lowest BCUT2D eigenvalue weighted by molar-refractivity contribution is 0.0418. The monoisotopic (exact) mass is 273 g/mol. The Hall–Kier alpha value is -0.625. The molecule has 1 aliphatic rings. The van der Waals surface area contributed by atoms with E-state index in [1.807, 2.05) is 0 Å². The van der Waals surface area contributed by atoms with Crippen LogP contribution in [0.5, 0.6) is 0 Å². The Kier molecular flexibility index (Phi) is 3.37. The highest BCUT2D eigenvalue weighted by Gasteiger charge is 2.69. The van der Waals surface area contributed by atoms with Crippen LogP contribution in [-0.4, -0.2) is 64.2 Å². The van der Waals surface area contributed by atoms with Crippen LogP contribution < -0.4 is 5.32 Å². The molecule has 18 heavy (non-hydrogen) atoms. The number of rotatable bonds is 1. The van der Waals surface area contributed by atoms with Crippen LogP contribution in [0.1, 0.15) is 20.8 Å². The molecule has 1 rings (SSSR count). The number of alkyl carbamates (subject to hydrolysis) is 1. The van der Waals surface area contributed by atoms with E-state index in [-0.39, 0.29) is 0 Å². The summed E-state index contributed by atoms with van der Waals surface area (Å²) in [5, 5.41) is 12.3. The summed E-state index contributed by atoms with van der Waals surface area (Å²) in [7, 11) is 0.406. The van der Waals surface area contributed by atoms with Gasteiger partial charge in [-0.05, 0) is 20.8 Å². The van der Waals surface area contributed by atoms with Crippen LogP contribution in [0, 0.1) is 0 Å². The number of ether oxygens (including phenoxy) is 1. The molecule has 2 N–H and O–H groups in total. The predicted molar refractivity (Wildman–Crippen MR) is 75.4 cm³/mol. The lowest BCUT2D eigenvalue weighted by atomic mass is 9.59. The van der Waals surface area contributed by atoms with Gasteiger partial charge in [0.2, 0.25) is 0 Å². The van der Waals surface area contributed by atoms with E-state index >= 15 is 0 Å². The summed E-state index contributed by atoms with van der Waals surface area (Å²) >= 11 is 0. The van der Waals surface area contributed by atoms with Gasteiger partial charge in [0.25, 0.3) is 0 Å². The first kappa shape index (κ1) is 15.4. The van der Waals surface area contributed by atoms with E-state index in [1.165, 1.54) is 23.5 Å². The maximum atomic E-state index is 11.8. The zero-order chi connectivity index (χ0) is 14.6. The number of sulfone groups is 1. The van der Waals surface area contributed by atoms with Gasteiger partial charge in [-0.3, -0.25) is 0 Å². The van der Waals surface area contributed by atoms with Crippen molar-refractivity contribution in [1.82, 2.24) is 5.32 Å². The molecule has 10 heteroatoms. The highest BCUT2D eigenvalue weighted by atomic mass is 32.2. The smallest absolute Gasteiger partial charge is 0.407 e. The van der Waals surface area contributed by atoms with E-state index in [0.29, 0.717) is 0 Å². The molecular formula is C8H18B3NO5S. The van der Waals surface area contributed by atoms with Crippen molar-refractivity contribution in [3.8, 4) is 0 Å². The van der Waals surface area contributed by atoms with Gasteiger partial charge in [-0.2, -0.15) is 0 Å². The SMILES string of the molecule is BC1(B)C(NC(=O)OC(C)(C)C)C(B)(O)S1(=O)=O. The van der Waals surface area contributed by atoms with Gasteiger partial charge < -0.3 is 15.2 Å². The van der Waals surface area contributed by atoms with Crippen LogP contribution >= 0.6 is 0 Å². The summed E-state index contributed by atoms with van der Waals surface area (Å²) in [6.07, 6.45) is -0.740. The molecule has 1 fully saturated rings. The van der Waals surface area contributed by atoms with Gasteiger partial charge in [0.15, 0.2) is 17.7 Å². The van der Waals surface area contributed by atoms with Crippen molar-refractivity contribution < 1.29 is 23.1 Å². The van der Waals surface area contributed by atoms with Crippen LogP contribution in [0.4, 0.5) is 4.79 Å². The van der Waals surface area contributed by atoms with Crippen molar-refractivity contribution in [2.75, 3.05) is 0 Å². The quantitative estimate of drug-likeness (QED) is 0.484. The van der Waals surface area contributed by atoms with Crippen molar-refractivity contribution >= 4 is 39.5 Å². The largest absolute Gasteiger partial charge is 0.444 e. The molecule has 100 valence electrons. The fourth-order valence-corrected chi connectivity index (χ4v) is 4.30. The van der Waals surface area contributed by atoms with Gasteiger partial charge in [-0.25, -0.2) is 13.2 Å². The lowest BCUT2D eigenvalue weighted by Crippen LogP contribution is -2.83. The molecule has 0 bridgehead atoms. The Morgan fingerprint density at radius 2 is 1.78 bits per heavy atom. The summed E-state index contributed by atoms with van der Waals surface area (Å²) in [6.45, 7) is 5.11. The maximum Gasteiger partial charge on any atom is 0.407 e. The maximum absolute atomic E-state index is 11.8. The number of carbonyl (C=O) groups is 1. The Balaban J connectivity index is 2.85. The number of aliphatic hydroxyl groups is 1. The van der Waals surface area contributed by atoms with Crippen LogP contribution in [0.2, 0.25) is 0 Å². The average molecular weight is 273 g/mol. The first-order valence-electron chi connectivity index (χ1n) is 5.69. The molecule has 2 unspecified atom stereocenters. The van der Waals surface area contributed by atoms with Crippen molar-refractivity contribution in [3.63, 3.8) is 0 Å². The number of amides is 1. The molecule has 1 heterocycles. The Bertz CT molecular complexity index is 446. The summed E-state index contributed by atoms with van der Waals surface area (Å²) in [6, 6.07) is -0.898. The minimum absolute atomic E-state index is 0.678. The highest BCUT2D eigenvalue weighted by molar-refractivity contribution is 7.99. The molecule has 1 aliphatic heterocycles. The first-order chi connectivity index (χ1) is 7.73. The van der Waals surface area contributed by atoms with E-state index in [9.17, 15) is 18.3 Å². The van der Waals surface area contributed by atoms with Gasteiger partial charge in [0.1, 0.15) is 26.1 Å². The van der Waals surface area contributed by atoms with Crippen molar-refractivity contribution in [3.05, 3.63) is 0 Å². The van der Waals surface area contributed by atoms with Gasteiger partial charge in [-0.15, -0.1) is 0 Å². The second kappa shape index (κ2) is 3.93.